The number of hydrogen-bond acceptors (Lipinski definition) is 5. The molecule has 0 saturated heterocycles. The van der Waals surface area contributed by atoms with Gasteiger partial charge in [0.25, 0.3) is 0 Å². The maximum Gasteiger partial charge on any atom is 0.326 e. The van der Waals surface area contributed by atoms with Crippen LogP contribution in [0.15, 0.2) is 30.5 Å². The molecule has 3 amide bonds. The topological polar surface area (TPSA) is 166 Å². The van der Waals surface area contributed by atoms with E-state index < -0.39 is 41.8 Å². The molecular formula is C22H31N5O5. The van der Waals surface area contributed by atoms with E-state index in [0.717, 1.165) is 22.9 Å². The van der Waals surface area contributed by atoms with E-state index in [1.165, 1.54) is 6.92 Å². The summed E-state index contributed by atoms with van der Waals surface area (Å²) in [5.74, 6) is -2.90. The number of para-hydroxylation sites is 1. The molecule has 0 fully saturated rings. The van der Waals surface area contributed by atoms with Crippen LogP contribution in [0.1, 0.15) is 32.8 Å². The van der Waals surface area contributed by atoms with E-state index in [1.54, 1.807) is 6.20 Å². The fourth-order valence-corrected chi connectivity index (χ4v) is 3.17. The van der Waals surface area contributed by atoms with Gasteiger partial charge in [0.15, 0.2) is 0 Å². The van der Waals surface area contributed by atoms with Crippen molar-refractivity contribution in [2.75, 3.05) is 6.54 Å². The second-order valence-corrected chi connectivity index (χ2v) is 7.88. The number of aromatic nitrogens is 1. The van der Waals surface area contributed by atoms with Crippen LogP contribution in [0.3, 0.4) is 0 Å². The van der Waals surface area contributed by atoms with Crippen LogP contribution in [0, 0.1) is 5.92 Å². The number of fused-ring (bicyclic) bond motifs is 1. The smallest absolute Gasteiger partial charge is 0.326 e. The fourth-order valence-electron chi connectivity index (χ4n) is 3.17. The lowest BCUT2D eigenvalue weighted by Gasteiger charge is -2.20. The molecule has 2 rings (SSSR count). The lowest BCUT2D eigenvalue weighted by molar-refractivity contribution is -0.142. The molecule has 1 aromatic carbocycles. The molecule has 4 atom stereocenters. The van der Waals surface area contributed by atoms with Gasteiger partial charge in [-0.25, -0.2) is 4.79 Å². The van der Waals surface area contributed by atoms with Crippen LogP contribution in [0.2, 0.25) is 0 Å². The van der Waals surface area contributed by atoms with E-state index >= 15 is 0 Å². The van der Waals surface area contributed by atoms with E-state index in [-0.39, 0.29) is 18.9 Å². The number of benzene rings is 1. The van der Waals surface area contributed by atoms with Crippen LogP contribution in [0.5, 0.6) is 0 Å². The molecule has 0 saturated carbocycles. The summed E-state index contributed by atoms with van der Waals surface area (Å²) in [6.07, 6.45) is 2.52. The van der Waals surface area contributed by atoms with Crippen molar-refractivity contribution in [1.29, 1.82) is 0 Å². The highest BCUT2D eigenvalue weighted by Gasteiger charge is 2.25. The van der Waals surface area contributed by atoms with Gasteiger partial charge in [-0.1, -0.05) is 38.5 Å². The maximum absolute atomic E-state index is 12.5. The second kappa shape index (κ2) is 11.3. The van der Waals surface area contributed by atoms with Crippen molar-refractivity contribution in [3.8, 4) is 0 Å². The SMILES string of the molecule is CCC(C)C(N)C(=O)NCC(=O)NC(C)C(=O)NC(Cc1c[nH]c2ccccc12)C(=O)O. The number of carbonyl (C=O) groups is 4. The Morgan fingerprint density at radius 1 is 1.09 bits per heavy atom. The molecular weight excluding hydrogens is 414 g/mol. The minimum absolute atomic E-state index is 0.0344. The third-order valence-corrected chi connectivity index (χ3v) is 5.47. The van der Waals surface area contributed by atoms with Crippen LogP contribution < -0.4 is 21.7 Å². The molecule has 0 aliphatic heterocycles. The van der Waals surface area contributed by atoms with Crippen molar-refractivity contribution in [3.05, 3.63) is 36.0 Å². The Kier molecular flexibility index (Phi) is 8.77. The second-order valence-electron chi connectivity index (χ2n) is 7.88. The number of H-pyrrole nitrogens is 1. The van der Waals surface area contributed by atoms with Crippen molar-refractivity contribution in [1.82, 2.24) is 20.9 Å². The normalized spacial score (nSPS) is 14.8. The average Bonchev–Trinajstić information content (AvgIpc) is 3.18. The summed E-state index contributed by atoms with van der Waals surface area (Å²) >= 11 is 0. The van der Waals surface area contributed by atoms with Gasteiger partial charge in [-0.05, 0) is 24.5 Å². The largest absolute Gasteiger partial charge is 0.480 e. The molecule has 1 heterocycles. The van der Waals surface area contributed by atoms with Crippen LogP contribution in [0.4, 0.5) is 0 Å². The van der Waals surface area contributed by atoms with Crippen LogP contribution >= 0.6 is 0 Å². The van der Waals surface area contributed by atoms with Crippen molar-refractivity contribution in [3.63, 3.8) is 0 Å². The molecule has 7 N–H and O–H groups in total. The average molecular weight is 446 g/mol. The number of aromatic amines is 1. The van der Waals surface area contributed by atoms with E-state index in [4.69, 9.17) is 5.73 Å². The first-order valence-electron chi connectivity index (χ1n) is 10.5. The maximum atomic E-state index is 12.5. The predicted octanol–water partition coefficient (Wildman–Crippen LogP) is 0.274. The monoisotopic (exact) mass is 445 g/mol. The molecule has 32 heavy (non-hydrogen) atoms. The van der Waals surface area contributed by atoms with Gasteiger partial charge in [-0.3, -0.25) is 14.4 Å². The van der Waals surface area contributed by atoms with Crippen molar-refractivity contribution >= 4 is 34.6 Å². The van der Waals surface area contributed by atoms with E-state index in [0.29, 0.717) is 0 Å². The quantitative estimate of drug-likeness (QED) is 0.290. The number of nitrogens with one attached hydrogen (secondary N) is 4. The summed E-state index contributed by atoms with van der Waals surface area (Å²) in [4.78, 5) is 51.3. The molecule has 4 unspecified atom stereocenters. The van der Waals surface area contributed by atoms with E-state index in [2.05, 4.69) is 20.9 Å². The Morgan fingerprint density at radius 3 is 2.44 bits per heavy atom. The zero-order valence-corrected chi connectivity index (χ0v) is 18.5. The van der Waals surface area contributed by atoms with Gasteiger partial charge >= 0.3 is 5.97 Å². The zero-order chi connectivity index (χ0) is 23.8. The highest BCUT2D eigenvalue weighted by molar-refractivity contribution is 5.92. The van der Waals surface area contributed by atoms with Gasteiger partial charge in [0, 0.05) is 23.5 Å². The summed E-state index contributed by atoms with van der Waals surface area (Å²) in [6.45, 7) is 4.85. The Labute approximate surface area is 186 Å². The molecule has 10 heteroatoms. The number of hydrogen-bond donors (Lipinski definition) is 6. The Morgan fingerprint density at radius 2 is 1.78 bits per heavy atom. The van der Waals surface area contributed by atoms with Gasteiger partial charge in [-0.2, -0.15) is 0 Å². The number of nitrogens with two attached hydrogens (primary N) is 1. The molecule has 0 bridgehead atoms. The highest BCUT2D eigenvalue weighted by atomic mass is 16.4. The van der Waals surface area contributed by atoms with Gasteiger partial charge < -0.3 is 31.8 Å². The Hall–Kier alpha value is -3.40. The molecule has 0 radical (unpaired) electrons. The van der Waals surface area contributed by atoms with Crippen molar-refractivity contribution in [2.24, 2.45) is 11.7 Å². The number of amides is 3. The Balaban J connectivity index is 1.89. The minimum atomic E-state index is -1.19. The van der Waals surface area contributed by atoms with E-state index in [9.17, 15) is 24.3 Å². The molecule has 0 aliphatic rings. The van der Waals surface area contributed by atoms with E-state index in [1.807, 2.05) is 38.1 Å². The number of carboxylic acids is 1. The summed E-state index contributed by atoms with van der Waals surface area (Å²) in [7, 11) is 0. The summed E-state index contributed by atoms with van der Waals surface area (Å²) < 4.78 is 0. The fraction of sp³-hybridized carbons (Fsp3) is 0.455. The predicted molar refractivity (Wildman–Crippen MR) is 120 cm³/mol. The third-order valence-electron chi connectivity index (χ3n) is 5.47. The molecule has 10 nitrogen and oxygen atoms in total. The first-order chi connectivity index (χ1) is 15.1. The molecule has 2 aromatic rings. The molecule has 0 spiro atoms. The number of rotatable bonds is 11. The van der Waals surface area contributed by atoms with Gasteiger partial charge in [0.1, 0.15) is 12.1 Å². The van der Waals surface area contributed by atoms with Crippen molar-refractivity contribution in [2.45, 2.75) is 51.7 Å². The lowest BCUT2D eigenvalue weighted by atomic mass is 9.99. The Bertz CT molecular complexity index is 973. The lowest BCUT2D eigenvalue weighted by Crippen LogP contribution is -2.53. The molecule has 174 valence electrons. The first-order valence-corrected chi connectivity index (χ1v) is 10.5. The minimum Gasteiger partial charge on any atom is -0.480 e. The third kappa shape index (κ3) is 6.55. The number of carboxylic acid groups (broad SMARTS) is 1. The van der Waals surface area contributed by atoms with Crippen LogP contribution in [-0.2, 0) is 25.6 Å². The summed E-state index contributed by atoms with van der Waals surface area (Å²) in [6, 6.07) is 4.56. The van der Waals surface area contributed by atoms with Gasteiger partial charge in [0.2, 0.25) is 17.7 Å². The van der Waals surface area contributed by atoms with Crippen LogP contribution in [-0.4, -0.2) is 58.5 Å². The van der Waals surface area contributed by atoms with Crippen LogP contribution in [0.25, 0.3) is 10.9 Å². The number of aliphatic carboxylic acids is 1. The highest BCUT2D eigenvalue weighted by Crippen LogP contribution is 2.19. The zero-order valence-electron chi connectivity index (χ0n) is 18.5. The van der Waals surface area contributed by atoms with Gasteiger partial charge in [-0.15, -0.1) is 0 Å². The number of carbonyl (C=O) groups excluding carboxylic acids is 3. The molecule has 1 aromatic heterocycles. The molecule has 0 aliphatic carbocycles. The first kappa shape index (κ1) is 24.9. The van der Waals surface area contributed by atoms with Crippen molar-refractivity contribution < 1.29 is 24.3 Å². The van der Waals surface area contributed by atoms with Gasteiger partial charge in [0.05, 0.1) is 12.6 Å². The summed E-state index contributed by atoms with van der Waals surface area (Å²) in [5.41, 5.74) is 7.44. The summed E-state index contributed by atoms with van der Waals surface area (Å²) in [5, 5.41) is 17.8. The standard InChI is InChI=1S/C22H31N5O5/c1-4-12(2)19(23)21(30)25-11-18(28)26-13(3)20(29)27-17(22(31)32)9-14-10-24-16-8-6-5-7-15(14)16/h5-8,10,12-13,17,19,24H,4,9,11,23H2,1-3H3,(H,25,30)(H,26,28)(H,27,29)(H,31,32).